The third-order valence-electron chi connectivity index (χ3n) is 2.99. The maximum Gasteiger partial charge on any atom is 0.368 e. The molecule has 2 bridgehead atoms. The first-order valence-corrected chi connectivity index (χ1v) is 5.44. The minimum Gasteiger partial charge on any atom is -0.477 e. The maximum absolute atomic E-state index is 13.0. The summed E-state index contributed by atoms with van der Waals surface area (Å²) in [6, 6.07) is -2.34. The third kappa shape index (κ3) is 2.12. The number of fused-ring (bicyclic) bond motifs is 2. The zero-order valence-electron chi connectivity index (χ0n) is 9.95. The highest BCUT2D eigenvalue weighted by molar-refractivity contribution is 5.90. The lowest BCUT2D eigenvalue weighted by molar-refractivity contribution is -0.219. The van der Waals surface area contributed by atoms with Crippen LogP contribution in [-0.2, 0) is 14.4 Å². The fourth-order valence-corrected chi connectivity index (χ4v) is 2.24. The second kappa shape index (κ2) is 4.50. The van der Waals surface area contributed by atoms with Crippen molar-refractivity contribution in [2.75, 3.05) is 6.54 Å². The summed E-state index contributed by atoms with van der Waals surface area (Å²) in [6.07, 6.45) is -1.11. The largest absolute Gasteiger partial charge is 0.477 e. The van der Waals surface area contributed by atoms with Crippen molar-refractivity contribution in [1.82, 2.24) is 9.96 Å². The van der Waals surface area contributed by atoms with E-state index in [9.17, 15) is 18.8 Å². The fourth-order valence-electron chi connectivity index (χ4n) is 2.24. The molecule has 2 aliphatic heterocycles. The quantitative estimate of drug-likeness (QED) is 0.652. The Bertz CT molecular complexity index is 480. The Labute approximate surface area is 107 Å². The molecule has 2 rings (SSSR count). The van der Waals surface area contributed by atoms with Gasteiger partial charge in [-0.15, -0.1) is 0 Å². The van der Waals surface area contributed by atoms with Gasteiger partial charge in [-0.1, -0.05) is 6.08 Å². The van der Waals surface area contributed by atoms with E-state index in [1.54, 1.807) is 6.92 Å². The number of nitrogens with two attached hydrogens (primary N) is 1. The number of hydrogen-bond donors (Lipinski definition) is 2. The zero-order chi connectivity index (χ0) is 14.3. The maximum atomic E-state index is 13.0. The molecule has 2 aliphatic rings. The van der Waals surface area contributed by atoms with E-state index in [-0.39, 0.29) is 6.54 Å². The standard InChI is InChI=1S/C10H12FN3O5/c1-4-2-5-3-13(6(4)8(12)15)10(18)14(5)19-7(11)9(16)17/h2,5-7H,3H2,1H3,(H2,12,15)(H,16,17)/t5-,6-,7-/m0/s1. The smallest absolute Gasteiger partial charge is 0.368 e. The van der Waals surface area contributed by atoms with E-state index in [2.05, 4.69) is 4.84 Å². The molecule has 9 heteroatoms. The van der Waals surface area contributed by atoms with E-state index in [0.717, 1.165) is 4.90 Å². The topological polar surface area (TPSA) is 113 Å². The first kappa shape index (κ1) is 13.3. The van der Waals surface area contributed by atoms with Gasteiger partial charge in [0.1, 0.15) is 6.04 Å². The lowest BCUT2D eigenvalue weighted by Gasteiger charge is -2.27. The first-order chi connectivity index (χ1) is 8.82. The van der Waals surface area contributed by atoms with Crippen molar-refractivity contribution < 1.29 is 28.7 Å². The number of carbonyl (C=O) groups is 3. The second-order valence-electron chi connectivity index (χ2n) is 4.30. The van der Waals surface area contributed by atoms with Crippen LogP contribution in [0.1, 0.15) is 6.92 Å². The van der Waals surface area contributed by atoms with Gasteiger partial charge in [0.05, 0.1) is 12.6 Å². The number of hydrogen-bond acceptors (Lipinski definition) is 4. The summed E-state index contributed by atoms with van der Waals surface area (Å²) in [4.78, 5) is 39.2. The number of rotatable bonds is 4. The number of carboxylic acid groups (broad SMARTS) is 1. The molecule has 3 atom stereocenters. The van der Waals surface area contributed by atoms with Crippen molar-refractivity contribution in [1.29, 1.82) is 0 Å². The molecule has 8 nitrogen and oxygen atoms in total. The van der Waals surface area contributed by atoms with Gasteiger partial charge in [0, 0.05) is 0 Å². The first-order valence-electron chi connectivity index (χ1n) is 5.44. The SMILES string of the molecule is CC1=C[C@H]2CN(C(=O)N2O[C@H](F)C(=O)O)[C@@H]1C(N)=O. The van der Waals surface area contributed by atoms with Gasteiger partial charge in [-0.05, 0) is 12.5 Å². The van der Waals surface area contributed by atoms with E-state index in [1.807, 2.05) is 0 Å². The Hall–Kier alpha value is -2.16. The van der Waals surface area contributed by atoms with Gasteiger partial charge in [-0.3, -0.25) is 4.79 Å². The summed E-state index contributed by atoms with van der Waals surface area (Å²) in [5.41, 5.74) is 5.73. The van der Waals surface area contributed by atoms with E-state index in [1.165, 1.54) is 6.08 Å². The van der Waals surface area contributed by atoms with Gasteiger partial charge in [0.2, 0.25) is 5.91 Å². The summed E-state index contributed by atoms with van der Waals surface area (Å²) >= 11 is 0. The van der Waals surface area contributed by atoms with E-state index in [4.69, 9.17) is 10.8 Å². The lowest BCUT2D eigenvalue weighted by Crippen LogP contribution is -2.48. The van der Waals surface area contributed by atoms with Crippen LogP contribution >= 0.6 is 0 Å². The van der Waals surface area contributed by atoms with Crippen molar-refractivity contribution in [3.63, 3.8) is 0 Å². The van der Waals surface area contributed by atoms with Crippen LogP contribution in [0, 0.1) is 0 Å². The molecule has 0 aromatic carbocycles. The zero-order valence-corrected chi connectivity index (χ0v) is 9.95. The molecule has 1 fully saturated rings. The molecule has 0 unspecified atom stereocenters. The molecular weight excluding hydrogens is 261 g/mol. The van der Waals surface area contributed by atoms with Crippen LogP contribution in [0.3, 0.4) is 0 Å². The number of aliphatic carboxylic acids is 1. The molecule has 1 saturated heterocycles. The van der Waals surface area contributed by atoms with Gasteiger partial charge in [0.15, 0.2) is 0 Å². The van der Waals surface area contributed by atoms with Crippen molar-refractivity contribution in [3.05, 3.63) is 11.6 Å². The summed E-state index contributed by atoms with van der Waals surface area (Å²) in [5.74, 6) is -2.55. The molecule has 3 amide bonds. The Morgan fingerprint density at radius 3 is 2.79 bits per heavy atom. The molecule has 0 spiro atoms. The van der Waals surface area contributed by atoms with Gasteiger partial charge < -0.3 is 15.7 Å². The van der Waals surface area contributed by atoms with E-state index in [0.29, 0.717) is 10.6 Å². The number of carboxylic acids is 1. The Morgan fingerprint density at radius 2 is 2.26 bits per heavy atom. The molecule has 2 heterocycles. The normalized spacial score (nSPS) is 27.3. The molecule has 104 valence electrons. The van der Waals surface area contributed by atoms with Crippen LogP contribution < -0.4 is 5.73 Å². The monoisotopic (exact) mass is 273 g/mol. The Kier molecular flexibility index (Phi) is 3.14. The van der Waals surface area contributed by atoms with Crippen LogP contribution in [0.5, 0.6) is 0 Å². The predicted molar refractivity (Wildman–Crippen MR) is 58.1 cm³/mol. The van der Waals surface area contributed by atoms with Crippen LogP contribution in [-0.4, -0.2) is 58.0 Å². The van der Waals surface area contributed by atoms with E-state index >= 15 is 0 Å². The average Bonchev–Trinajstić information content (AvgIpc) is 2.54. The number of alkyl halides is 1. The highest BCUT2D eigenvalue weighted by Crippen LogP contribution is 2.29. The minimum atomic E-state index is -2.65. The predicted octanol–water partition coefficient (Wildman–Crippen LogP) is -0.782. The van der Waals surface area contributed by atoms with Gasteiger partial charge >= 0.3 is 18.4 Å². The van der Waals surface area contributed by atoms with Crippen molar-refractivity contribution in [3.8, 4) is 0 Å². The van der Waals surface area contributed by atoms with Crippen molar-refractivity contribution >= 4 is 17.9 Å². The summed E-state index contributed by atoms with van der Waals surface area (Å²) in [5, 5.41) is 9.04. The van der Waals surface area contributed by atoms with Gasteiger partial charge in [-0.2, -0.15) is 5.06 Å². The summed E-state index contributed by atoms with van der Waals surface area (Å²) in [6.45, 7) is 1.70. The van der Waals surface area contributed by atoms with Gasteiger partial charge in [0.25, 0.3) is 0 Å². The molecule has 0 aromatic rings. The number of urea groups is 1. The molecule has 0 aromatic heterocycles. The number of primary amides is 1. The molecule has 0 saturated carbocycles. The van der Waals surface area contributed by atoms with Crippen LogP contribution in [0.2, 0.25) is 0 Å². The molecule has 19 heavy (non-hydrogen) atoms. The fraction of sp³-hybridized carbons (Fsp3) is 0.500. The highest BCUT2D eigenvalue weighted by atomic mass is 19.1. The number of halogens is 1. The number of nitrogens with zero attached hydrogens (tertiary/aromatic N) is 2. The van der Waals surface area contributed by atoms with Crippen LogP contribution in [0.4, 0.5) is 9.18 Å². The average molecular weight is 273 g/mol. The third-order valence-corrected chi connectivity index (χ3v) is 2.99. The Morgan fingerprint density at radius 1 is 1.63 bits per heavy atom. The van der Waals surface area contributed by atoms with Crippen LogP contribution in [0.25, 0.3) is 0 Å². The number of amides is 3. The summed E-state index contributed by atoms with van der Waals surface area (Å²) in [7, 11) is 0. The van der Waals surface area contributed by atoms with Crippen molar-refractivity contribution in [2.24, 2.45) is 5.73 Å². The van der Waals surface area contributed by atoms with Crippen molar-refractivity contribution in [2.45, 2.75) is 25.4 Å². The molecule has 3 N–H and O–H groups in total. The minimum absolute atomic E-state index is 0.0934. The lowest BCUT2D eigenvalue weighted by atomic mass is 10.0. The van der Waals surface area contributed by atoms with Gasteiger partial charge in [-0.25, -0.2) is 18.8 Å². The van der Waals surface area contributed by atoms with Crippen LogP contribution in [0.15, 0.2) is 11.6 Å². The summed E-state index contributed by atoms with van der Waals surface area (Å²) < 4.78 is 13.0. The second-order valence-corrected chi connectivity index (χ2v) is 4.30. The highest BCUT2D eigenvalue weighted by Gasteiger charge is 2.48. The molecule has 0 radical (unpaired) electrons. The molecular formula is C10H12FN3O5. The molecule has 0 aliphatic carbocycles. The number of carbonyl (C=O) groups excluding carboxylic acids is 2. The Balaban J connectivity index is 2.22. The number of hydroxylamine groups is 2. The van der Waals surface area contributed by atoms with E-state index < -0.39 is 36.3 Å².